The Labute approximate surface area is 136 Å². The molecule has 0 aromatic rings. The zero-order valence-electron chi connectivity index (χ0n) is 13.4. The van der Waals surface area contributed by atoms with E-state index >= 15 is 0 Å². The molecule has 2 saturated heterocycles. The van der Waals surface area contributed by atoms with Crippen LogP contribution in [0.3, 0.4) is 0 Å². The number of hydrogen-bond donors (Lipinski definition) is 0. The number of allylic oxidation sites excluding steroid dienone is 2. The molecule has 0 radical (unpaired) electrons. The number of nitrogens with zero attached hydrogens (tertiary/aromatic N) is 2. The van der Waals surface area contributed by atoms with E-state index in [1.165, 1.54) is 0 Å². The van der Waals surface area contributed by atoms with Crippen molar-refractivity contribution in [3.63, 3.8) is 0 Å². The van der Waals surface area contributed by atoms with Gasteiger partial charge < -0.3 is 19.3 Å². The number of rotatable bonds is 2. The maximum absolute atomic E-state index is 13.0. The Kier molecular flexibility index (Phi) is 4.11. The van der Waals surface area contributed by atoms with Gasteiger partial charge in [0.1, 0.15) is 0 Å². The van der Waals surface area contributed by atoms with E-state index in [9.17, 15) is 9.59 Å². The molecule has 0 N–H and O–H groups in total. The summed E-state index contributed by atoms with van der Waals surface area (Å²) >= 11 is 0. The topological polar surface area (TPSA) is 59.1 Å². The van der Waals surface area contributed by atoms with E-state index in [4.69, 9.17) is 9.47 Å². The van der Waals surface area contributed by atoms with Gasteiger partial charge >= 0.3 is 0 Å². The summed E-state index contributed by atoms with van der Waals surface area (Å²) in [4.78, 5) is 29.8. The van der Waals surface area contributed by atoms with Crippen molar-refractivity contribution in [3.8, 4) is 0 Å². The van der Waals surface area contributed by atoms with Crippen molar-refractivity contribution < 1.29 is 19.1 Å². The van der Waals surface area contributed by atoms with Crippen LogP contribution in [-0.4, -0.2) is 74.2 Å². The molecule has 3 fully saturated rings. The maximum Gasteiger partial charge on any atom is 0.227 e. The number of carbonyl (C=O) groups excluding carboxylic acids is 2. The van der Waals surface area contributed by atoms with E-state index in [1.54, 1.807) is 0 Å². The molecule has 4 aliphatic rings. The number of amides is 2. The van der Waals surface area contributed by atoms with Gasteiger partial charge in [-0.05, 0) is 18.3 Å². The fourth-order valence-corrected chi connectivity index (χ4v) is 4.48. The number of morpholine rings is 2. The van der Waals surface area contributed by atoms with Crippen LogP contribution in [0.4, 0.5) is 0 Å². The average molecular weight is 320 g/mol. The van der Waals surface area contributed by atoms with Crippen molar-refractivity contribution in [2.75, 3.05) is 52.6 Å². The molecule has 0 spiro atoms. The third-order valence-corrected chi connectivity index (χ3v) is 5.68. The second kappa shape index (κ2) is 6.24. The predicted molar refractivity (Wildman–Crippen MR) is 82.5 cm³/mol. The molecule has 23 heavy (non-hydrogen) atoms. The van der Waals surface area contributed by atoms with Gasteiger partial charge in [0.25, 0.3) is 0 Å². The quantitative estimate of drug-likeness (QED) is 0.679. The van der Waals surface area contributed by atoms with Crippen molar-refractivity contribution in [3.05, 3.63) is 12.2 Å². The molecule has 6 heteroatoms. The second-order valence-corrected chi connectivity index (χ2v) is 6.88. The zero-order chi connectivity index (χ0) is 15.8. The van der Waals surface area contributed by atoms with Crippen LogP contribution in [0.1, 0.15) is 6.42 Å². The molecule has 2 bridgehead atoms. The summed E-state index contributed by atoms with van der Waals surface area (Å²) in [5, 5.41) is 0. The van der Waals surface area contributed by atoms with Gasteiger partial charge in [-0.2, -0.15) is 0 Å². The smallest absolute Gasteiger partial charge is 0.227 e. The minimum atomic E-state index is -0.182. The third kappa shape index (κ3) is 2.68. The Bertz CT molecular complexity index is 465. The van der Waals surface area contributed by atoms with Gasteiger partial charge in [0.05, 0.1) is 38.3 Å². The molecule has 6 nitrogen and oxygen atoms in total. The van der Waals surface area contributed by atoms with E-state index in [0.29, 0.717) is 52.6 Å². The van der Waals surface area contributed by atoms with E-state index in [1.807, 2.05) is 9.80 Å². The summed E-state index contributed by atoms with van der Waals surface area (Å²) in [6.45, 7) is 5.00. The molecule has 0 aromatic heterocycles. The monoisotopic (exact) mass is 320 g/mol. The lowest BCUT2D eigenvalue weighted by Gasteiger charge is -2.36. The first-order valence-corrected chi connectivity index (χ1v) is 8.67. The summed E-state index contributed by atoms with van der Waals surface area (Å²) < 4.78 is 10.7. The maximum atomic E-state index is 13.0. The van der Waals surface area contributed by atoms with Crippen molar-refractivity contribution in [2.24, 2.45) is 23.7 Å². The molecule has 4 atom stereocenters. The minimum absolute atomic E-state index is 0.150. The molecule has 0 aromatic carbocycles. The van der Waals surface area contributed by atoms with Crippen LogP contribution in [-0.2, 0) is 19.1 Å². The van der Waals surface area contributed by atoms with Crippen molar-refractivity contribution >= 4 is 11.8 Å². The Hall–Kier alpha value is -1.40. The van der Waals surface area contributed by atoms with Crippen LogP contribution in [0, 0.1) is 23.7 Å². The van der Waals surface area contributed by atoms with E-state index in [2.05, 4.69) is 12.2 Å². The van der Waals surface area contributed by atoms with Crippen LogP contribution in [0.5, 0.6) is 0 Å². The highest BCUT2D eigenvalue weighted by Crippen LogP contribution is 2.49. The number of ether oxygens (including phenoxy) is 2. The summed E-state index contributed by atoms with van der Waals surface area (Å²) in [5.41, 5.74) is 0. The molecule has 2 aliphatic carbocycles. The SMILES string of the molecule is O=C(C1C2C=CC(C2)C1C(=O)N1CCOCC1)N1CCOCC1. The van der Waals surface area contributed by atoms with Crippen LogP contribution in [0.2, 0.25) is 0 Å². The number of fused-ring (bicyclic) bond motifs is 2. The molecule has 2 heterocycles. The molecule has 2 aliphatic heterocycles. The highest BCUT2D eigenvalue weighted by Gasteiger charge is 2.53. The van der Waals surface area contributed by atoms with Gasteiger partial charge in [0.2, 0.25) is 11.8 Å². The fraction of sp³-hybridized carbons (Fsp3) is 0.765. The lowest BCUT2D eigenvalue weighted by molar-refractivity contribution is -0.151. The minimum Gasteiger partial charge on any atom is -0.378 e. The zero-order valence-corrected chi connectivity index (χ0v) is 13.4. The van der Waals surface area contributed by atoms with Gasteiger partial charge in [-0.1, -0.05) is 12.2 Å². The van der Waals surface area contributed by atoms with E-state index in [-0.39, 0.29) is 35.5 Å². The second-order valence-electron chi connectivity index (χ2n) is 6.88. The number of carbonyl (C=O) groups is 2. The van der Waals surface area contributed by atoms with Gasteiger partial charge in [0, 0.05) is 26.2 Å². The summed E-state index contributed by atoms with van der Waals surface area (Å²) in [6.07, 6.45) is 5.25. The van der Waals surface area contributed by atoms with Crippen LogP contribution >= 0.6 is 0 Å². The third-order valence-electron chi connectivity index (χ3n) is 5.68. The lowest BCUT2D eigenvalue weighted by atomic mass is 9.81. The summed E-state index contributed by atoms with van der Waals surface area (Å²) in [5.74, 6) is 0.390. The largest absolute Gasteiger partial charge is 0.378 e. The molecule has 2 amide bonds. The molecular formula is C17H24N2O4. The van der Waals surface area contributed by atoms with Gasteiger partial charge in [0.15, 0.2) is 0 Å². The predicted octanol–water partition coefficient (Wildman–Crippen LogP) is 0.142. The van der Waals surface area contributed by atoms with Crippen LogP contribution in [0.25, 0.3) is 0 Å². The summed E-state index contributed by atoms with van der Waals surface area (Å²) in [6, 6.07) is 0. The molecular weight excluding hydrogens is 296 g/mol. The van der Waals surface area contributed by atoms with E-state index < -0.39 is 0 Å². The fourth-order valence-electron chi connectivity index (χ4n) is 4.48. The first-order valence-electron chi connectivity index (χ1n) is 8.67. The first kappa shape index (κ1) is 15.1. The molecule has 4 rings (SSSR count). The highest BCUT2D eigenvalue weighted by molar-refractivity contribution is 5.90. The normalized spacial score (nSPS) is 36.5. The Morgan fingerprint density at radius 1 is 0.739 bits per heavy atom. The number of hydrogen-bond acceptors (Lipinski definition) is 4. The Balaban J connectivity index is 1.53. The summed E-state index contributed by atoms with van der Waals surface area (Å²) in [7, 11) is 0. The van der Waals surface area contributed by atoms with Gasteiger partial charge in [-0.3, -0.25) is 9.59 Å². The van der Waals surface area contributed by atoms with Gasteiger partial charge in [-0.25, -0.2) is 0 Å². The van der Waals surface area contributed by atoms with Gasteiger partial charge in [-0.15, -0.1) is 0 Å². The lowest BCUT2D eigenvalue weighted by Crippen LogP contribution is -2.51. The average Bonchev–Trinajstić information content (AvgIpc) is 3.23. The van der Waals surface area contributed by atoms with Crippen molar-refractivity contribution in [1.82, 2.24) is 9.80 Å². The van der Waals surface area contributed by atoms with Crippen molar-refractivity contribution in [2.45, 2.75) is 6.42 Å². The highest BCUT2D eigenvalue weighted by atomic mass is 16.5. The Morgan fingerprint density at radius 3 is 1.52 bits per heavy atom. The first-order chi connectivity index (χ1) is 11.3. The standard InChI is InChI=1S/C17H24N2O4/c20-16(18-3-7-22-8-4-18)14-12-1-2-13(11-12)15(14)17(21)19-5-9-23-10-6-19/h1-2,12-15H,3-11H2. The molecule has 4 unspecified atom stereocenters. The Morgan fingerprint density at radius 2 is 1.13 bits per heavy atom. The van der Waals surface area contributed by atoms with Crippen LogP contribution in [0.15, 0.2) is 12.2 Å². The molecule has 1 saturated carbocycles. The van der Waals surface area contributed by atoms with Crippen LogP contribution < -0.4 is 0 Å². The van der Waals surface area contributed by atoms with Crippen molar-refractivity contribution in [1.29, 1.82) is 0 Å². The molecule has 126 valence electrons. The van der Waals surface area contributed by atoms with E-state index in [0.717, 1.165) is 6.42 Å².